The van der Waals surface area contributed by atoms with E-state index in [0.29, 0.717) is 53.8 Å². The molecule has 1 aromatic heterocycles. The molecule has 9 nitrogen and oxygen atoms in total. The molecular weight excluding hydrogens is 408 g/mol. The maximum Gasteiger partial charge on any atom is 0.321 e. The van der Waals surface area contributed by atoms with Crippen LogP contribution in [0, 0.1) is 11.3 Å². The summed E-state index contributed by atoms with van der Waals surface area (Å²) in [5.74, 6) is 0.883. The van der Waals surface area contributed by atoms with Crippen molar-refractivity contribution in [3.8, 4) is 23.1 Å². The van der Waals surface area contributed by atoms with Crippen molar-refractivity contribution in [3.05, 3.63) is 60.3 Å². The van der Waals surface area contributed by atoms with Crippen molar-refractivity contribution < 1.29 is 14.6 Å². The van der Waals surface area contributed by atoms with Crippen LogP contribution in [0.2, 0.25) is 0 Å². The normalized spacial score (nSPS) is 15.2. The standard InChI is InChI=1S/C23H22N6O3/c1-32-21-6-5-15(11-16(21)13-24)20-7-9-25-22(28-20)26-17-3-2-4-18(12-17)27-23(31)29-10-8-19(30)14-29/h2-7,9,11-12,19,30H,8,10,14H2,1H3,(H,27,31)(H,25,26,28). The number of anilines is 3. The van der Waals surface area contributed by atoms with Crippen LogP contribution in [0.3, 0.4) is 0 Å². The second kappa shape index (κ2) is 9.32. The van der Waals surface area contributed by atoms with Crippen molar-refractivity contribution in [3.63, 3.8) is 0 Å². The van der Waals surface area contributed by atoms with Gasteiger partial charge < -0.3 is 25.4 Å². The van der Waals surface area contributed by atoms with Gasteiger partial charge in [-0.15, -0.1) is 0 Å². The first-order valence-electron chi connectivity index (χ1n) is 10.1. The number of ether oxygens (including phenoxy) is 1. The topological polar surface area (TPSA) is 123 Å². The van der Waals surface area contributed by atoms with Crippen LogP contribution in [-0.2, 0) is 0 Å². The highest BCUT2D eigenvalue weighted by Gasteiger charge is 2.24. The largest absolute Gasteiger partial charge is 0.495 e. The van der Waals surface area contributed by atoms with Gasteiger partial charge in [-0.2, -0.15) is 5.26 Å². The van der Waals surface area contributed by atoms with Crippen LogP contribution in [0.4, 0.5) is 22.1 Å². The van der Waals surface area contributed by atoms with Gasteiger partial charge in [0.15, 0.2) is 0 Å². The van der Waals surface area contributed by atoms with E-state index in [0.717, 1.165) is 5.56 Å². The minimum absolute atomic E-state index is 0.246. The van der Waals surface area contributed by atoms with E-state index in [4.69, 9.17) is 4.74 Å². The van der Waals surface area contributed by atoms with Crippen molar-refractivity contribution in [1.29, 1.82) is 5.26 Å². The quantitative estimate of drug-likeness (QED) is 0.567. The molecule has 2 amide bonds. The lowest BCUT2D eigenvalue weighted by atomic mass is 10.1. The Morgan fingerprint density at radius 3 is 2.84 bits per heavy atom. The van der Waals surface area contributed by atoms with E-state index in [2.05, 4.69) is 26.7 Å². The summed E-state index contributed by atoms with van der Waals surface area (Å²) >= 11 is 0. The van der Waals surface area contributed by atoms with Gasteiger partial charge in [-0.05, 0) is 48.9 Å². The van der Waals surface area contributed by atoms with E-state index in [1.165, 1.54) is 7.11 Å². The summed E-state index contributed by atoms with van der Waals surface area (Å²) in [6.45, 7) is 0.869. The number of benzene rings is 2. The highest BCUT2D eigenvalue weighted by molar-refractivity contribution is 5.90. The average molecular weight is 430 g/mol. The molecule has 0 bridgehead atoms. The number of hydrogen-bond acceptors (Lipinski definition) is 7. The zero-order valence-corrected chi connectivity index (χ0v) is 17.4. The number of aliphatic hydroxyl groups is 1. The molecule has 1 aliphatic rings. The number of hydrogen-bond donors (Lipinski definition) is 3. The van der Waals surface area contributed by atoms with Crippen LogP contribution >= 0.6 is 0 Å². The van der Waals surface area contributed by atoms with Crippen LogP contribution in [0.5, 0.6) is 5.75 Å². The molecule has 0 aliphatic carbocycles. The van der Waals surface area contributed by atoms with Crippen LogP contribution in [0.15, 0.2) is 54.7 Å². The zero-order chi connectivity index (χ0) is 22.5. The molecule has 9 heteroatoms. The van der Waals surface area contributed by atoms with E-state index >= 15 is 0 Å². The Morgan fingerprint density at radius 2 is 2.09 bits per heavy atom. The molecule has 0 radical (unpaired) electrons. The number of carbonyl (C=O) groups excluding carboxylic acids is 1. The first-order chi connectivity index (χ1) is 15.6. The molecule has 1 aliphatic heterocycles. The summed E-state index contributed by atoms with van der Waals surface area (Å²) in [4.78, 5) is 22.7. The summed E-state index contributed by atoms with van der Waals surface area (Å²) in [6.07, 6.45) is 1.76. The number of carbonyl (C=O) groups is 1. The fraction of sp³-hybridized carbons (Fsp3) is 0.217. The third-order valence-electron chi connectivity index (χ3n) is 5.09. The number of methoxy groups -OCH3 is 1. The second-order valence-corrected chi connectivity index (χ2v) is 7.32. The minimum atomic E-state index is -0.465. The number of nitriles is 1. The number of aromatic nitrogens is 2. The molecule has 0 spiro atoms. The van der Waals surface area contributed by atoms with Crippen molar-refractivity contribution >= 4 is 23.4 Å². The maximum atomic E-state index is 12.4. The summed E-state index contributed by atoms with van der Waals surface area (Å²) < 4.78 is 5.19. The number of nitrogens with zero attached hydrogens (tertiary/aromatic N) is 4. The molecular formula is C23H22N6O3. The Balaban J connectivity index is 1.49. The summed E-state index contributed by atoms with van der Waals surface area (Å²) in [5, 5.41) is 24.9. The second-order valence-electron chi connectivity index (χ2n) is 7.32. The molecule has 2 heterocycles. The average Bonchev–Trinajstić information content (AvgIpc) is 3.25. The Kier molecular flexibility index (Phi) is 6.14. The number of amides is 2. The van der Waals surface area contributed by atoms with Crippen LogP contribution in [-0.4, -0.2) is 52.3 Å². The van der Waals surface area contributed by atoms with Crippen LogP contribution in [0.25, 0.3) is 11.3 Å². The van der Waals surface area contributed by atoms with Crippen molar-refractivity contribution in [2.75, 3.05) is 30.8 Å². The van der Waals surface area contributed by atoms with E-state index in [9.17, 15) is 15.2 Å². The van der Waals surface area contributed by atoms with Gasteiger partial charge in [-0.3, -0.25) is 0 Å². The van der Waals surface area contributed by atoms with Gasteiger partial charge in [0.25, 0.3) is 0 Å². The summed E-state index contributed by atoms with van der Waals surface area (Å²) in [5.41, 5.74) is 3.16. The lowest BCUT2D eigenvalue weighted by Crippen LogP contribution is -2.33. The molecule has 0 saturated carbocycles. The number of urea groups is 1. The number of likely N-dealkylation sites (tertiary alicyclic amines) is 1. The molecule has 1 atom stereocenters. The first-order valence-corrected chi connectivity index (χ1v) is 10.1. The molecule has 3 N–H and O–H groups in total. The van der Waals surface area contributed by atoms with Gasteiger partial charge in [0.2, 0.25) is 5.95 Å². The predicted molar refractivity (Wildman–Crippen MR) is 120 cm³/mol. The molecule has 2 aromatic carbocycles. The SMILES string of the molecule is COc1ccc(-c2ccnc(Nc3cccc(NC(=O)N4CCC(O)C4)c3)n2)cc1C#N. The van der Waals surface area contributed by atoms with Crippen molar-refractivity contribution in [2.24, 2.45) is 0 Å². The molecule has 3 aromatic rings. The van der Waals surface area contributed by atoms with Gasteiger partial charge in [-0.25, -0.2) is 14.8 Å². The van der Waals surface area contributed by atoms with Crippen LogP contribution < -0.4 is 15.4 Å². The third-order valence-corrected chi connectivity index (χ3v) is 5.09. The number of nitrogens with one attached hydrogen (secondary N) is 2. The molecule has 162 valence electrons. The van der Waals surface area contributed by atoms with E-state index in [1.807, 2.05) is 18.2 Å². The Labute approximate surface area is 185 Å². The smallest absolute Gasteiger partial charge is 0.321 e. The van der Waals surface area contributed by atoms with Gasteiger partial charge in [0, 0.05) is 36.2 Å². The Bertz CT molecular complexity index is 1180. The lowest BCUT2D eigenvalue weighted by Gasteiger charge is -2.17. The van der Waals surface area contributed by atoms with E-state index in [-0.39, 0.29) is 6.03 Å². The lowest BCUT2D eigenvalue weighted by molar-refractivity contribution is 0.176. The van der Waals surface area contributed by atoms with Gasteiger partial charge in [0.05, 0.1) is 24.5 Å². The summed E-state index contributed by atoms with van der Waals surface area (Å²) in [7, 11) is 1.52. The first kappa shape index (κ1) is 21.1. The molecule has 32 heavy (non-hydrogen) atoms. The van der Waals surface area contributed by atoms with E-state index < -0.39 is 6.10 Å². The van der Waals surface area contributed by atoms with Gasteiger partial charge >= 0.3 is 6.03 Å². The maximum absolute atomic E-state index is 12.4. The van der Waals surface area contributed by atoms with Crippen LogP contribution in [0.1, 0.15) is 12.0 Å². The fourth-order valence-electron chi connectivity index (χ4n) is 3.47. The summed E-state index contributed by atoms with van der Waals surface area (Å²) in [6, 6.07) is 16.1. The molecule has 1 fully saturated rings. The zero-order valence-electron chi connectivity index (χ0n) is 17.4. The Morgan fingerprint density at radius 1 is 1.25 bits per heavy atom. The predicted octanol–water partition coefficient (Wildman–Crippen LogP) is 3.37. The minimum Gasteiger partial charge on any atom is -0.495 e. The molecule has 1 saturated heterocycles. The highest BCUT2D eigenvalue weighted by Crippen LogP contribution is 2.26. The third kappa shape index (κ3) is 4.77. The monoisotopic (exact) mass is 430 g/mol. The number of aliphatic hydroxyl groups excluding tert-OH is 1. The van der Waals surface area contributed by atoms with E-state index in [1.54, 1.807) is 41.4 Å². The van der Waals surface area contributed by atoms with Gasteiger partial charge in [-0.1, -0.05) is 6.07 Å². The molecule has 4 rings (SSSR count). The molecule has 1 unspecified atom stereocenters. The van der Waals surface area contributed by atoms with Crippen molar-refractivity contribution in [2.45, 2.75) is 12.5 Å². The number of β-amino-alcohol motifs (C(OH)–C–C–N with tert-alkyl or cyclic N) is 1. The highest BCUT2D eigenvalue weighted by atomic mass is 16.5. The number of rotatable bonds is 5. The van der Waals surface area contributed by atoms with Crippen molar-refractivity contribution in [1.82, 2.24) is 14.9 Å². The fourth-order valence-corrected chi connectivity index (χ4v) is 3.47. The Hall–Kier alpha value is -4.16. The van der Waals surface area contributed by atoms with Gasteiger partial charge in [0.1, 0.15) is 11.8 Å².